The first-order valence-electron chi connectivity index (χ1n) is 6.36. The number of fused-ring (bicyclic) bond motifs is 1. The highest BCUT2D eigenvalue weighted by Crippen LogP contribution is 2.56. The maximum Gasteiger partial charge on any atom is 0.145 e. The Morgan fingerprint density at radius 1 is 1.44 bits per heavy atom. The summed E-state index contributed by atoms with van der Waals surface area (Å²) in [5.41, 5.74) is 2.86. The Morgan fingerprint density at radius 3 is 2.81 bits per heavy atom. The van der Waals surface area contributed by atoms with Gasteiger partial charge in [-0.25, -0.2) is 0 Å². The van der Waals surface area contributed by atoms with Crippen LogP contribution in [0.5, 0.6) is 0 Å². The Morgan fingerprint density at radius 2 is 2.19 bits per heavy atom. The van der Waals surface area contributed by atoms with Crippen LogP contribution in [0.4, 0.5) is 0 Å². The van der Waals surface area contributed by atoms with Crippen molar-refractivity contribution in [2.24, 2.45) is 17.3 Å². The van der Waals surface area contributed by atoms with Gasteiger partial charge in [0.2, 0.25) is 0 Å². The topological polar surface area (TPSA) is 17.1 Å². The highest BCUT2D eigenvalue weighted by molar-refractivity contribution is 5.73. The van der Waals surface area contributed by atoms with Gasteiger partial charge in [-0.2, -0.15) is 0 Å². The van der Waals surface area contributed by atoms with Gasteiger partial charge in [0.15, 0.2) is 0 Å². The van der Waals surface area contributed by atoms with Crippen molar-refractivity contribution in [2.45, 2.75) is 46.0 Å². The first-order valence-corrected chi connectivity index (χ1v) is 6.36. The Kier molecular flexibility index (Phi) is 3.05. The van der Waals surface area contributed by atoms with E-state index in [1.165, 1.54) is 12.0 Å². The first-order chi connectivity index (χ1) is 7.54. The van der Waals surface area contributed by atoms with Crippen LogP contribution >= 0.6 is 0 Å². The van der Waals surface area contributed by atoms with Gasteiger partial charge in [0.05, 0.1) is 0 Å². The van der Waals surface area contributed by atoms with E-state index in [1.807, 2.05) is 0 Å². The number of allylic oxidation sites excluding steroid dienone is 3. The lowest BCUT2D eigenvalue weighted by Crippen LogP contribution is -2.44. The van der Waals surface area contributed by atoms with Crippen LogP contribution in [0.15, 0.2) is 23.8 Å². The van der Waals surface area contributed by atoms with Crippen molar-refractivity contribution in [1.29, 1.82) is 0 Å². The standard InChI is InChI=1S/C15H22O/c1-11-5-4-6-12(10-16)7-8-14-13(11)9-15(14,2)3/h6,10,13-14H,1,4-5,7-9H2,2-3H3. The van der Waals surface area contributed by atoms with Gasteiger partial charge in [-0.1, -0.05) is 32.1 Å². The Bertz CT molecular complexity index is 335. The summed E-state index contributed by atoms with van der Waals surface area (Å²) in [7, 11) is 0. The van der Waals surface area contributed by atoms with Crippen molar-refractivity contribution in [2.75, 3.05) is 0 Å². The van der Waals surface area contributed by atoms with E-state index in [0.29, 0.717) is 5.41 Å². The summed E-state index contributed by atoms with van der Waals surface area (Å²) in [6, 6.07) is 0. The van der Waals surface area contributed by atoms with E-state index in [-0.39, 0.29) is 0 Å². The molecule has 0 spiro atoms. The molecule has 0 aromatic carbocycles. The first kappa shape index (κ1) is 11.6. The molecule has 2 aliphatic rings. The number of carbonyl (C=O) groups excluding carboxylic acids is 1. The largest absolute Gasteiger partial charge is 0.298 e. The van der Waals surface area contributed by atoms with E-state index in [2.05, 4.69) is 26.5 Å². The third kappa shape index (κ3) is 2.00. The molecule has 2 aliphatic carbocycles. The molecule has 1 fully saturated rings. The van der Waals surface area contributed by atoms with Crippen molar-refractivity contribution < 1.29 is 4.79 Å². The number of rotatable bonds is 1. The van der Waals surface area contributed by atoms with Crippen LogP contribution in [0.1, 0.15) is 46.0 Å². The molecule has 2 unspecified atom stereocenters. The second-order valence-electron chi connectivity index (χ2n) is 6.04. The predicted octanol–water partition coefficient (Wildman–Crippen LogP) is 3.90. The smallest absolute Gasteiger partial charge is 0.145 e. The van der Waals surface area contributed by atoms with E-state index in [1.54, 1.807) is 0 Å². The number of carbonyl (C=O) groups is 1. The number of hydrogen-bond donors (Lipinski definition) is 0. The van der Waals surface area contributed by atoms with E-state index < -0.39 is 0 Å². The number of hydrogen-bond acceptors (Lipinski definition) is 1. The van der Waals surface area contributed by atoms with Gasteiger partial charge in [0, 0.05) is 0 Å². The second-order valence-corrected chi connectivity index (χ2v) is 6.04. The van der Waals surface area contributed by atoms with Crippen LogP contribution in [-0.2, 0) is 4.79 Å². The molecule has 1 heteroatoms. The minimum atomic E-state index is 0.450. The maximum atomic E-state index is 10.9. The summed E-state index contributed by atoms with van der Waals surface area (Å²) < 4.78 is 0. The molecule has 0 heterocycles. The van der Waals surface area contributed by atoms with Crippen LogP contribution in [0.2, 0.25) is 0 Å². The van der Waals surface area contributed by atoms with Gasteiger partial charge >= 0.3 is 0 Å². The van der Waals surface area contributed by atoms with Gasteiger partial charge in [-0.3, -0.25) is 4.79 Å². The zero-order valence-corrected chi connectivity index (χ0v) is 10.5. The van der Waals surface area contributed by atoms with Gasteiger partial charge in [-0.15, -0.1) is 0 Å². The van der Waals surface area contributed by atoms with E-state index in [9.17, 15) is 4.79 Å². The Balaban J connectivity index is 2.13. The fraction of sp³-hybridized carbons (Fsp3) is 0.667. The fourth-order valence-corrected chi connectivity index (χ4v) is 3.42. The van der Waals surface area contributed by atoms with Gasteiger partial charge in [0.1, 0.15) is 6.29 Å². The van der Waals surface area contributed by atoms with Crippen LogP contribution in [0, 0.1) is 17.3 Å². The summed E-state index contributed by atoms with van der Waals surface area (Å²) in [5.74, 6) is 1.45. The lowest BCUT2D eigenvalue weighted by molar-refractivity contribution is -0.105. The zero-order chi connectivity index (χ0) is 11.8. The Labute approximate surface area is 98.6 Å². The second kappa shape index (κ2) is 4.20. The minimum absolute atomic E-state index is 0.450. The fourth-order valence-electron chi connectivity index (χ4n) is 3.42. The van der Waals surface area contributed by atoms with Crippen LogP contribution in [0.3, 0.4) is 0 Å². The molecule has 2 atom stereocenters. The monoisotopic (exact) mass is 218 g/mol. The molecule has 0 saturated heterocycles. The molecule has 16 heavy (non-hydrogen) atoms. The summed E-state index contributed by atoms with van der Waals surface area (Å²) in [6.07, 6.45) is 8.60. The average molecular weight is 218 g/mol. The molecule has 0 aliphatic heterocycles. The van der Waals surface area contributed by atoms with Crippen LogP contribution in [-0.4, -0.2) is 6.29 Å². The van der Waals surface area contributed by atoms with Crippen molar-refractivity contribution in [3.63, 3.8) is 0 Å². The molecule has 1 nitrogen and oxygen atoms in total. The third-order valence-electron chi connectivity index (χ3n) is 4.53. The van der Waals surface area contributed by atoms with E-state index in [0.717, 1.165) is 49.4 Å². The summed E-state index contributed by atoms with van der Waals surface area (Å²) in [5, 5.41) is 0. The lowest BCUT2D eigenvalue weighted by atomic mass is 9.52. The quantitative estimate of drug-likeness (QED) is 0.482. The molecular formula is C15H22O. The molecule has 0 aromatic heterocycles. The van der Waals surface area contributed by atoms with Gasteiger partial charge < -0.3 is 0 Å². The molecule has 0 aromatic rings. The van der Waals surface area contributed by atoms with Crippen molar-refractivity contribution in [3.05, 3.63) is 23.8 Å². The van der Waals surface area contributed by atoms with Crippen LogP contribution < -0.4 is 0 Å². The van der Waals surface area contributed by atoms with Gasteiger partial charge in [-0.05, 0) is 54.9 Å². The maximum absolute atomic E-state index is 10.9. The van der Waals surface area contributed by atoms with Crippen molar-refractivity contribution in [1.82, 2.24) is 0 Å². The van der Waals surface area contributed by atoms with E-state index >= 15 is 0 Å². The van der Waals surface area contributed by atoms with Crippen LogP contribution in [0.25, 0.3) is 0 Å². The molecular weight excluding hydrogens is 196 g/mol. The molecule has 88 valence electrons. The average Bonchev–Trinajstić information content (AvgIpc) is 2.28. The van der Waals surface area contributed by atoms with Gasteiger partial charge in [0.25, 0.3) is 0 Å². The highest BCUT2D eigenvalue weighted by Gasteiger charge is 2.47. The minimum Gasteiger partial charge on any atom is -0.298 e. The molecule has 2 rings (SSSR count). The molecule has 1 saturated carbocycles. The van der Waals surface area contributed by atoms with Crippen molar-refractivity contribution >= 4 is 6.29 Å². The molecule has 0 bridgehead atoms. The van der Waals surface area contributed by atoms with Crippen molar-refractivity contribution in [3.8, 4) is 0 Å². The number of aldehydes is 1. The Hall–Kier alpha value is -0.850. The molecule has 0 amide bonds. The highest BCUT2D eigenvalue weighted by atomic mass is 16.1. The SMILES string of the molecule is C=C1CCC=C(C=O)CCC2C1CC2(C)C. The lowest BCUT2D eigenvalue weighted by Gasteiger charge is -2.53. The zero-order valence-electron chi connectivity index (χ0n) is 10.5. The summed E-state index contributed by atoms with van der Waals surface area (Å²) in [6.45, 7) is 8.94. The summed E-state index contributed by atoms with van der Waals surface area (Å²) >= 11 is 0. The third-order valence-corrected chi connectivity index (χ3v) is 4.53. The summed E-state index contributed by atoms with van der Waals surface area (Å²) in [4.78, 5) is 10.9. The normalized spacial score (nSPS) is 33.6. The molecule has 0 radical (unpaired) electrons. The van der Waals surface area contributed by atoms with E-state index in [4.69, 9.17) is 0 Å². The predicted molar refractivity (Wildman–Crippen MR) is 67.1 cm³/mol. The molecule has 0 N–H and O–H groups in total.